The van der Waals surface area contributed by atoms with Gasteiger partial charge >= 0.3 is 0 Å². The van der Waals surface area contributed by atoms with E-state index in [-0.39, 0.29) is 42.6 Å². The zero-order valence-electron chi connectivity index (χ0n) is 12.3. The predicted octanol–water partition coefficient (Wildman–Crippen LogP) is 0.240. The Morgan fingerprint density at radius 1 is 1.40 bits per heavy atom. The number of piperidine rings is 1. The minimum Gasteiger partial charge on any atom is -0.355 e. The van der Waals surface area contributed by atoms with E-state index in [9.17, 15) is 13.2 Å². The maximum Gasteiger partial charge on any atom is 0.223 e. The molecule has 1 aliphatic heterocycles. The van der Waals surface area contributed by atoms with E-state index in [2.05, 4.69) is 22.3 Å². The van der Waals surface area contributed by atoms with E-state index in [0.29, 0.717) is 6.04 Å². The molecule has 0 spiro atoms. The van der Waals surface area contributed by atoms with Crippen molar-refractivity contribution in [3.8, 4) is 0 Å². The van der Waals surface area contributed by atoms with Crippen LogP contribution in [-0.4, -0.2) is 45.3 Å². The van der Waals surface area contributed by atoms with Gasteiger partial charge in [0.1, 0.15) is 0 Å². The molecule has 20 heavy (non-hydrogen) atoms. The van der Waals surface area contributed by atoms with Crippen LogP contribution in [-0.2, 0) is 14.8 Å². The molecule has 1 amide bonds. The molecule has 1 heterocycles. The van der Waals surface area contributed by atoms with Crippen molar-refractivity contribution in [3.63, 3.8) is 0 Å². The lowest BCUT2D eigenvalue weighted by Crippen LogP contribution is -2.44. The lowest BCUT2D eigenvalue weighted by Gasteiger charge is -2.27. The van der Waals surface area contributed by atoms with Crippen LogP contribution in [0.4, 0.5) is 0 Å². The standard InChI is InChI=1S/C12H25N3O3S.ClH/c1-9(2)15-19(17,18)7-6-14-12(16)11-4-5-13-10(3)8-11;/h9-11,13,15H,4-8H2,1-3H3,(H,14,16);1H/t10-,11-;/m0./s1. The molecular weight excluding hydrogens is 302 g/mol. The Morgan fingerprint density at radius 2 is 2.05 bits per heavy atom. The topological polar surface area (TPSA) is 87.3 Å². The Balaban J connectivity index is 0.00000361. The highest BCUT2D eigenvalue weighted by Gasteiger charge is 2.24. The van der Waals surface area contributed by atoms with Gasteiger partial charge in [-0.2, -0.15) is 0 Å². The molecule has 0 bridgehead atoms. The number of hydrogen-bond acceptors (Lipinski definition) is 4. The van der Waals surface area contributed by atoms with Crippen LogP contribution in [0.2, 0.25) is 0 Å². The molecule has 1 fully saturated rings. The highest BCUT2D eigenvalue weighted by atomic mass is 35.5. The van der Waals surface area contributed by atoms with E-state index in [1.807, 2.05) is 0 Å². The molecule has 0 aliphatic carbocycles. The highest BCUT2D eigenvalue weighted by molar-refractivity contribution is 7.89. The first-order valence-electron chi connectivity index (χ1n) is 6.81. The van der Waals surface area contributed by atoms with Crippen molar-refractivity contribution in [1.29, 1.82) is 0 Å². The van der Waals surface area contributed by atoms with Crippen LogP contribution < -0.4 is 15.4 Å². The zero-order chi connectivity index (χ0) is 14.5. The molecule has 1 aliphatic rings. The third-order valence-electron chi connectivity index (χ3n) is 3.08. The normalized spacial score (nSPS) is 23.2. The van der Waals surface area contributed by atoms with E-state index < -0.39 is 10.0 Å². The molecule has 1 saturated heterocycles. The first kappa shape index (κ1) is 19.6. The third kappa shape index (κ3) is 7.42. The summed E-state index contributed by atoms with van der Waals surface area (Å²) in [6.07, 6.45) is 1.62. The van der Waals surface area contributed by atoms with Crippen molar-refractivity contribution in [2.24, 2.45) is 5.92 Å². The Labute approximate surface area is 127 Å². The summed E-state index contributed by atoms with van der Waals surface area (Å²) in [5.74, 6) is -0.109. The number of carbonyl (C=O) groups is 1. The van der Waals surface area contributed by atoms with Gasteiger partial charge in [-0.15, -0.1) is 12.4 Å². The Bertz CT molecular complexity index is 401. The van der Waals surface area contributed by atoms with Crippen LogP contribution >= 0.6 is 12.4 Å². The summed E-state index contributed by atoms with van der Waals surface area (Å²) in [6, 6.07) is 0.224. The van der Waals surface area contributed by atoms with Crippen molar-refractivity contribution in [2.45, 2.75) is 45.7 Å². The van der Waals surface area contributed by atoms with Gasteiger partial charge in [-0.05, 0) is 40.2 Å². The van der Waals surface area contributed by atoms with Gasteiger partial charge in [0.05, 0.1) is 5.75 Å². The minimum atomic E-state index is -3.30. The second-order valence-electron chi connectivity index (χ2n) is 5.46. The summed E-state index contributed by atoms with van der Waals surface area (Å²) >= 11 is 0. The predicted molar refractivity (Wildman–Crippen MR) is 82.5 cm³/mol. The first-order valence-corrected chi connectivity index (χ1v) is 8.46. The molecule has 6 nitrogen and oxygen atoms in total. The number of rotatable bonds is 6. The molecule has 3 N–H and O–H groups in total. The quantitative estimate of drug-likeness (QED) is 0.652. The average Bonchev–Trinajstić information content (AvgIpc) is 2.26. The maximum atomic E-state index is 11.9. The molecule has 2 atom stereocenters. The monoisotopic (exact) mass is 327 g/mol. The molecule has 0 aromatic rings. The van der Waals surface area contributed by atoms with E-state index in [1.54, 1.807) is 13.8 Å². The maximum absolute atomic E-state index is 11.9. The van der Waals surface area contributed by atoms with Gasteiger partial charge in [-0.3, -0.25) is 4.79 Å². The Hall–Kier alpha value is -0.370. The lowest BCUT2D eigenvalue weighted by molar-refractivity contribution is -0.125. The van der Waals surface area contributed by atoms with Gasteiger partial charge < -0.3 is 10.6 Å². The molecule has 0 unspecified atom stereocenters. The van der Waals surface area contributed by atoms with Gasteiger partial charge in [-0.25, -0.2) is 13.1 Å². The van der Waals surface area contributed by atoms with E-state index in [4.69, 9.17) is 0 Å². The fraction of sp³-hybridized carbons (Fsp3) is 0.917. The number of nitrogens with one attached hydrogen (secondary N) is 3. The second kappa shape index (κ2) is 8.81. The fourth-order valence-electron chi connectivity index (χ4n) is 2.24. The molecule has 0 saturated carbocycles. The van der Waals surface area contributed by atoms with Crippen molar-refractivity contribution in [3.05, 3.63) is 0 Å². The summed E-state index contributed by atoms with van der Waals surface area (Å²) in [7, 11) is -3.30. The highest BCUT2D eigenvalue weighted by Crippen LogP contribution is 2.15. The number of hydrogen-bond donors (Lipinski definition) is 3. The molecule has 8 heteroatoms. The lowest BCUT2D eigenvalue weighted by atomic mass is 9.92. The number of sulfonamides is 1. The van der Waals surface area contributed by atoms with Crippen molar-refractivity contribution < 1.29 is 13.2 Å². The summed E-state index contributed by atoms with van der Waals surface area (Å²) in [5, 5.41) is 6.00. The van der Waals surface area contributed by atoms with E-state index in [0.717, 1.165) is 19.4 Å². The van der Waals surface area contributed by atoms with Crippen LogP contribution in [0.3, 0.4) is 0 Å². The van der Waals surface area contributed by atoms with Crippen LogP contribution in [0.1, 0.15) is 33.6 Å². The molecule has 120 valence electrons. The van der Waals surface area contributed by atoms with E-state index in [1.165, 1.54) is 0 Å². The molecule has 0 aromatic carbocycles. The molecule has 0 aromatic heterocycles. The Kier molecular flexibility index (Phi) is 8.65. The van der Waals surface area contributed by atoms with Crippen LogP contribution in [0, 0.1) is 5.92 Å². The van der Waals surface area contributed by atoms with Gasteiger partial charge in [0.2, 0.25) is 15.9 Å². The van der Waals surface area contributed by atoms with Gasteiger partial charge in [0, 0.05) is 24.5 Å². The van der Waals surface area contributed by atoms with Crippen molar-refractivity contribution in [1.82, 2.24) is 15.4 Å². The molecule has 1 rings (SSSR count). The van der Waals surface area contributed by atoms with Crippen LogP contribution in [0.25, 0.3) is 0 Å². The SMILES string of the molecule is CC(C)NS(=O)(=O)CCNC(=O)[C@H]1CCN[C@@H](C)C1.Cl. The fourth-order valence-corrected chi connectivity index (χ4v) is 3.45. The summed E-state index contributed by atoms with van der Waals surface area (Å²) < 4.78 is 25.6. The number of halogens is 1. The number of carbonyl (C=O) groups excluding carboxylic acids is 1. The smallest absolute Gasteiger partial charge is 0.223 e. The third-order valence-corrected chi connectivity index (χ3v) is 4.65. The summed E-state index contributed by atoms with van der Waals surface area (Å²) in [5.41, 5.74) is 0. The first-order chi connectivity index (χ1) is 8.80. The van der Waals surface area contributed by atoms with Crippen LogP contribution in [0.5, 0.6) is 0 Å². The van der Waals surface area contributed by atoms with Gasteiger partial charge in [-0.1, -0.05) is 0 Å². The zero-order valence-corrected chi connectivity index (χ0v) is 13.9. The minimum absolute atomic E-state index is 0. The summed E-state index contributed by atoms with van der Waals surface area (Å²) in [4.78, 5) is 11.9. The van der Waals surface area contributed by atoms with Crippen molar-refractivity contribution >= 4 is 28.3 Å². The summed E-state index contributed by atoms with van der Waals surface area (Å²) in [6.45, 7) is 6.60. The second-order valence-corrected chi connectivity index (χ2v) is 7.33. The molecule has 0 radical (unpaired) electrons. The van der Waals surface area contributed by atoms with Gasteiger partial charge in [0.25, 0.3) is 0 Å². The van der Waals surface area contributed by atoms with Gasteiger partial charge in [0.15, 0.2) is 0 Å². The molecular formula is C12H26ClN3O3S. The number of amides is 1. The largest absolute Gasteiger partial charge is 0.355 e. The van der Waals surface area contributed by atoms with E-state index >= 15 is 0 Å². The average molecular weight is 328 g/mol. The van der Waals surface area contributed by atoms with Crippen molar-refractivity contribution in [2.75, 3.05) is 18.8 Å². The van der Waals surface area contributed by atoms with Crippen LogP contribution in [0.15, 0.2) is 0 Å². The Morgan fingerprint density at radius 3 is 2.60 bits per heavy atom.